The minimum atomic E-state index is 0.158. The molecule has 0 amide bonds. The molecule has 1 heteroatoms. The molecule has 1 aromatic carbocycles. The van der Waals surface area contributed by atoms with Crippen molar-refractivity contribution in [1.82, 2.24) is 0 Å². The lowest BCUT2D eigenvalue weighted by Gasteiger charge is -2.10. The number of aliphatic hydroxyl groups is 1. The molecule has 0 saturated heterocycles. The average Bonchev–Trinajstić information content (AvgIpc) is 2.06. The van der Waals surface area contributed by atoms with E-state index in [0.717, 1.165) is 12.0 Å². The Morgan fingerprint density at radius 1 is 1.25 bits per heavy atom. The zero-order valence-electron chi connectivity index (χ0n) is 8.02. The van der Waals surface area contributed by atoms with Crippen LogP contribution in [0.3, 0.4) is 0 Å². The third-order valence-electron chi connectivity index (χ3n) is 2.48. The highest BCUT2D eigenvalue weighted by molar-refractivity contribution is 5.39. The van der Waals surface area contributed by atoms with Crippen LogP contribution in [0.1, 0.15) is 29.2 Å². The van der Waals surface area contributed by atoms with Gasteiger partial charge in [-0.3, -0.25) is 0 Å². The summed E-state index contributed by atoms with van der Waals surface area (Å²) < 4.78 is 0. The second kappa shape index (κ2) is 3.72. The first-order valence-corrected chi connectivity index (χ1v) is 4.39. The fourth-order valence-electron chi connectivity index (χ4n) is 1.57. The highest BCUT2D eigenvalue weighted by atomic mass is 16.3. The molecule has 0 saturated carbocycles. The quantitative estimate of drug-likeness (QED) is 0.711. The van der Waals surface area contributed by atoms with Gasteiger partial charge in [-0.15, -0.1) is 0 Å². The standard InChI is InChI=1S/C11H16O/c1-4-10-6-5-8(2)11(7-12)9(10)3/h5-6,12H,4,7H2,1-3H3. The van der Waals surface area contributed by atoms with Crippen molar-refractivity contribution in [1.29, 1.82) is 0 Å². The van der Waals surface area contributed by atoms with Crippen LogP contribution in [0.2, 0.25) is 0 Å². The van der Waals surface area contributed by atoms with E-state index in [0.29, 0.717) is 0 Å². The first-order chi connectivity index (χ1) is 5.70. The van der Waals surface area contributed by atoms with Crippen molar-refractivity contribution in [3.63, 3.8) is 0 Å². The van der Waals surface area contributed by atoms with Gasteiger partial charge in [-0.25, -0.2) is 0 Å². The van der Waals surface area contributed by atoms with E-state index in [2.05, 4.69) is 26.0 Å². The van der Waals surface area contributed by atoms with E-state index in [9.17, 15) is 0 Å². The zero-order valence-corrected chi connectivity index (χ0v) is 8.02. The predicted molar refractivity (Wildman–Crippen MR) is 51.2 cm³/mol. The van der Waals surface area contributed by atoms with Gasteiger partial charge in [-0.1, -0.05) is 19.1 Å². The summed E-state index contributed by atoms with van der Waals surface area (Å²) in [6.45, 7) is 6.42. The normalized spacial score (nSPS) is 10.3. The van der Waals surface area contributed by atoms with Crippen LogP contribution in [-0.2, 0) is 13.0 Å². The third-order valence-corrected chi connectivity index (χ3v) is 2.48. The molecular weight excluding hydrogens is 148 g/mol. The Kier molecular flexibility index (Phi) is 2.88. The first kappa shape index (κ1) is 9.27. The fourth-order valence-corrected chi connectivity index (χ4v) is 1.57. The summed E-state index contributed by atoms with van der Waals surface area (Å²) in [5.74, 6) is 0. The van der Waals surface area contributed by atoms with E-state index < -0.39 is 0 Å². The van der Waals surface area contributed by atoms with Crippen LogP contribution in [0, 0.1) is 13.8 Å². The lowest BCUT2D eigenvalue weighted by atomic mass is 9.97. The topological polar surface area (TPSA) is 20.2 Å². The van der Waals surface area contributed by atoms with Crippen molar-refractivity contribution in [3.8, 4) is 0 Å². The van der Waals surface area contributed by atoms with Crippen LogP contribution < -0.4 is 0 Å². The summed E-state index contributed by atoms with van der Waals surface area (Å²) in [4.78, 5) is 0. The van der Waals surface area contributed by atoms with Crippen LogP contribution >= 0.6 is 0 Å². The molecule has 0 aliphatic carbocycles. The first-order valence-electron chi connectivity index (χ1n) is 4.39. The second-order valence-electron chi connectivity index (χ2n) is 3.16. The van der Waals surface area contributed by atoms with Gasteiger partial charge in [0.05, 0.1) is 6.61 Å². The maximum atomic E-state index is 9.12. The summed E-state index contributed by atoms with van der Waals surface area (Å²) >= 11 is 0. The SMILES string of the molecule is CCc1ccc(C)c(CO)c1C. The highest BCUT2D eigenvalue weighted by Crippen LogP contribution is 2.18. The Bertz CT molecular complexity index is 277. The maximum Gasteiger partial charge on any atom is 0.0687 e. The van der Waals surface area contributed by atoms with E-state index in [1.165, 1.54) is 16.7 Å². The minimum absolute atomic E-state index is 0.158. The van der Waals surface area contributed by atoms with Crippen molar-refractivity contribution < 1.29 is 5.11 Å². The monoisotopic (exact) mass is 164 g/mol. The Morgan fingerprint density at radius 2 is 1.92 bits per heavy atom. The highest BCUT2D eigenvalue weighted by Gasteiger charge is 2.04. The molecule has 1 nitrogen and oxygen atoms in total. The molecule has 0 atom stereocenters. The molecule has 0 spiro atoms. The molecule has 1 N–H and O–H groups in total. The molecule has 12 heavy (non-hydrogen) atoms. The van der Waals surface area contributed by atoms with Crippen LogP contribution in [0.5, 0.6) is 0 Å². The van der Waals surface area contributed by atoms with Crippen molar-refractivity contribution in [2.75, 3.05) is 0 Å². The van der Waals surface area contributed by atoms with Crippen LogP contribution in [-0.4, -0.2) is 5.11 Å². The molecule has 66 valence electrons. The number of aliphatic hydroxyl groups excluding tert-OH is 1. The summed E-state index contributed by atoms with van der Waals surface area (Å²) in [7, 11) is 0. The van der Waals surface area contributed by atoms with E-state index in [1.54, 1.807) is 0 Å². The van der Waals surface area contributed by atoms with Crippen LogP contribution in [0.25, 0.3) is 0 Å². The van der Waals surface area contributed by atoms with Gasteiger partial charge in [0.15, 0.2) is 0 Å². The Labute approximate surface area is 74.1 Å². The Hall–Kier alpha value is -0.820. The number of rotatable bonds is 2. The summed E-state index contributed by atoms with van der Waals surface area (Å²) in [5.41, 5.74) is 4.87. The molecule has 0 unspecified atom stereocenters. The lowest BCUT2D eigenvalue weighted by molar-refractivity contribution is 0.280. The number of hydrogen-bond donors (Lipinski definition) is 1. The van der Waals surface area contributed by atoms with Crippen LogP contribution in [0.4, 0.5) is 0 Å². The minimum Gasteiger partial charge on any atom is -0.392 e. The lowest BCUT2D eigenvalue weighted by Crippen LogP contribution is -1.97. The van der Waals surface area contributed by atoms with Crippen molar-refractivity contribution in [3.05, 3.63) is 34.4 Å². The Morgan fingerprint density at radius 3 is 2.42 bits per heavy atom. The Balaban J connectivity index is 3.24. The summed E-state index contributed by atoms with van der Waals surface area (Å²) in [6, 6.07) is 4.22. The number of hydrogen-bond acceptors (Lipinski definition) is 1. The number of aryl methyl sites for hydroxylation is 2. The molecule has 1 aromatic rings. The molecule has 0 aromatic heterocycles. The van der Waals surface area contributed by atoms with Gasteiger partial charge in [0.25, 0.3) is 0 Å². The van der Waals surface area contributed by atoms with Crippen LogP contribution in [0.15, 0.2) is 12.1 Å². The van der Waals surface area contributed by atoms with Gasteiger partial charge in [0.1, 0.15) is 0 Å². The van der Waals surface area contributed by atoms with Gasteiger partial charge in [0.2, 0.25) is 0 Å². The van der Waals surface area contributed by atoms with Gasteiger partial charge in [-0.2, -0.15) is 0 Å². The summed E-state index contributed by atoms with van der Waals surface area (Å²) in [5, 5.41) is 9.12. The van der Waals surface area contributed by atoms with Gasteiger partial charge >= 0.3 is 0 Å². The van der Waals surface area contributed by atoms with Crippen molar-refractivity contribution in [2.24, 2.45) is 0 Å². The molecule has 0 aliphatic rings. The predicted octanol–water partition coefficient (Wildman–Crippen LogP) is 2.36. The van der Waals surface area contributed by atoms with E-state index in [4.69, 9.17) is 5.11 Å². The number of benzene rings is 1. The van der Waals surface area contributed by atoms with Crippen molar-refractivity contribution in [2.45, 2.75) is 33.8 Å². The molecule has 0 radical (unpaired) electrons. The smallest absolute Gasteiger partial charge is 0.0687 e. The summed E-state index contributed by atoms with van der Waals surface area (Å²) in [6.07, 6.45) is 1.04. The van der Waals surface area contributed by atoms with E-state index in [-0.39, 0.29) is 6.61 Å². The second-order valence-corrected chi connectivity index (χ2v) is 3.16. The molecule has 0 heterocycles. The van der Waals surface area contributed by atoms with Gasteiger partial charge < -0.3 is 5.11 Å². The molecule has 1 rings (SSSR count). The largest absolute Gasteiger partial charge is 0.392 e. The van der Waals surface area contributed by atoms with E-state index in [1.807, 2.05) is 6.92 Å². The van der Waals surface area contributed by atoms with Crippen molar-refractivity contribution >= 4 is 0 Å². The van der Waals surface area contributed by atoms with Gasteiger partial charge in [-0.05, 0) is 42.5 Å². The molecule has 0 bridgehead atoms. The third kappa shape index (κ3) is 1.51. The molecule has 0 fully saturated rings. The maximum absolute atomic E-state index is 9.12. The average molecular weight is 164 g/mol. The van der Waals surface area contributed by atoms with Gasteiger partial charge in [0, 0.05) is 0 Å². The fraction of sp³-hybridized carbons (Fsp3) is 0.455. The van der Waals surface area contributed by atoms with E-state index >= 15 is 0 Å². The zero-order chi connectivity index (χ0) is 9.14. The molecular formula is C11H16O. The molecule has 0 aliphatic heterocycles.